The van der Waals surface area contributed by atoms with E-state index < -0.39 is 0 Å². The molecule has 29 heavy (non-hydrogen) atoms. The van der Waals surface area contributed by atoms with Crippen molar-refractivity contribution in [1.29, 1.82) is 0 Å². The highest BCUT2D eigenvalue weighted by Crippen LogP contribution is 2.22. The van der Waals surface area contributed by atoms with Crippen LogP contribution >= 0.6 is 0 Å². The molecule has 1 aliphatic rings. The molecule has 1 fully saturated rings. The van der Waals surface area contributed by atoms with Gasteiger partial charge in [0.25, 0.3) is 11.8 Å². The maximum atomic E-state index is 12.8. The molecule has 0 aliphatic carbocycles. The van der Waals surface area contributed by atoms with Crippen molar-refractivity contribution < 1.29 is 14.4 Å². The van der Waals surface area contributed by atoms with Crippen LogP contribution in [0.3, 0.4) is 0 Å². The third-order valence-corrected chi connectivity index (χ3v) is 5.23. The minimum atomic E-state index is -0.271. The SMILES string of the molecule is CCc1cccc(C)c1NC(=O)c1ccnc(C(=O)N2CCN(C(C)=O)CC2)c1. The number of para-hydroxylation sites is 1. The van der Waals surface area contributed by atoms with Gasteiger partial charge in [-0.25, -0.2) is 0 Å². The van der Waals surface area contributed by atoms with Crippen LogP contribution in [0.15, 0.2) is 36.5 Å². The number of carbonyl (C=O) groups is 3. The Balaban J connectivity index is 1.73. The summed E-state index contributed by atoms with van der Waals surface area (Å²) in [5.74, 6) is -0.489. The molecule has 1 saturated heterocycles. The summed E-state index contributed by atoms with van der Waals surface area (Å²) in [6.45, 7) is 7.46. The van der Waals surface area contributed by atoms with Gasteiger partial charge in [-0.05, 0) is 36.6 Å². The van der Waals surface area contributed by atoms with Crippen molar-refractivity contribution in [2.24, 2.45) is 0 Å². The molecule has 2 aromatic rings. The number of amides is 3. The van der Waals surface area contributed by atoms with E-state index in [9.17, 15) is 14.4 Å². The minimum absolute atomic E-state index is 0.0107. The molecular weight excluding hydrogens is 368 g/mol. The number of anilines is 1. The van der Waals surface area contributed by atoms with Crippen molar-refractivity contribution in [3.63, 3.8) is 0 Å². The van der Waals surface area contributed by atoms with Crippen LogP contribution in [0.4, 0.5) is 5.69 Å². The van der Waals surface area contributed by atoms with Crippen molar-refractivity contribution in [1.82, 2.24) is 14.8 Å². The third-order valence-electron chi connectivity index (χ3n) is 5.23. The molecule has 1 aliphatic heterocycles. The summed E-state index contributed by atoms with van der Waals surface area (Å²) < 4.78 is 0. The third kappa shape index (κ3) is 4.62. The number of rotatable bonds is 4. The molecule has 0 atom stereocenters. The topological polar surface area (TPSA) is 82.6 Å². The summed E-state index contributed by atoms with van der Waals surface area (Å²) >= 11 is 0. The number of aromatic nitrogens is 1. The number of carbonyl (C=O) groups excluding carboxylic acids is 3. The maximum Gasteiger partial charge on any atom is 0.272 e. The van der Waals surface area contributed by atoms with E-state index in [1.807, 2.05) is 32.0 Å². The normalized spacial score (nSPS) is 13.9. The van der Waals surface area contributed by atoms with Crippen LogP contribution in [0.5, 0.6) is 0 Å². The average molecular weight is 394 g/mol. The van der Waals surface area contributed by atoms with Crippen LogP contribution in [-0.4, -0.2) is 58.7 Å². The summed E-state index contributed by atoms with van der Waals surface area (Å²) in [6, 6.07) is 9.04. The molecule has 152 valence electrons. The zero-order chi connectivity index (χ0) is 21.0. The van der Waals surface area contributed by atoms with E-state index in [0.29, 0.717) is 31.7 Å². The first-order valence-corrected chi connectivity index (χ1v) is 9.81. The second-order valence-corrected chi connectivity index (χ2v) is 7.14. The summed E-state index contributed by atoms with van der Waals surface area (Å²) in [6.07, 6.45) is 2.29. The molecule has 2 heterocycles. The predicted molar refractivity (Wildman–Crippen MR) is 111 cm³/mol. The lowest BCUT2D eigenvalue weighted by Crippen LogP contribution is -2.50. The highest BCUT2D eigenvalue weighted by Gasteiger charge is 2.24. The highest BCUT2D eigenvalue weighted by atomic mass is 16.2. The Bertz CT molecular complexity index is 933. The number of pyridine rings is 1. The molecule has 1 aromatic heterocycles. The van der Waals surface area contributed by atoms with Crippen LogP contribution in [-0.2, 0) is 11.2 Å². The molecule has 0 bridgehead atoms. The van der Waals surface area contributed by atoms with E-state index in [2.05, 4.69) is 10.3 Å². The molecule has 0 spiro atoms. The monoisotopic (exact) mass is 394 g/mol. The number of hydrogen-bond acceptors (Lipinski definition) is 4. The first-order chi connectivity index (χ1) is 13.9. The zero-order valence-corrected chi connectivity index (χ0v) is 17.1. The van der Waals surface area contributed by atoms with Crippen molar-refractivity contribution in [3.05, 3.63) is 58.9 Å². The fourth-order valence-corrected chi connectivity index (χ4v) is 3.46. The van der Waals surface area contributed by atoms with Crippen molar-refractivity contribution in [2.75, 3.05) is 31.5 Å². The van der Waals surface area contributed by atoms with Crippen LogP contribution in [0.25, 0.3) is 0 Å². The van der Waals surface area contributed by atoms with Gasteiger partial charge in [-0.15, -0.1) is 0 Å². The molecule has 7 heteroatoms. The average Bonchev–Trinajstić information content (AvgIpc) is 2.74. The zero-order valence-electron chi connectivity index (χ0n) is 17.1. The number of nitrogens with one attached hydrogen (secondary N) is 1. The molecule has 7 nitrogen and oxygen atoms in total. The summed E-state index contributed by atoms with van der Waals surface area (Å²) in [4.78, 5) is 44.6. The first-order valence-electron chi connectivity index (χ1n) is 9.81. The summed E-state index contributed by atoms with van der Waals surface area (Å²) in [7, 11) is 0. The van der Waals surface area contributed by atoms with Crippen molar-refractivity contribution in [3.8, 4) is 0 Å². The Morgan fingerprint density at radius 2 is 1.76 bits per heavy atom. The molecule has 3 amide bonds. The summed E-state index contributed by atoms with van der Waals surface area (Å²) in [5, 5.41) is 2.97. The Morgan fingerprint density at radius 1 is 1.07 bits per heavy atom. The minimum Gasteiger partial charge on any atom is -0.339 e. The number of nitrogens with zero attached hydrogens (tertiary/aromatic N) is 3. The Morgan fingerprint density at radius 3 is 2.41 bits per heavy atom. The van der Waals surface area contributed by atoms with Crippen molar-refractivity contribution in [2.45, 2.75) is 27.2 Å². The van der Waals surface area contributed by atoms with E-state index in [-0.39, 0.29) is 23.4 Å². The lowest BCUT2D eigenvalue weighted by atomic mass is 10.1. The van der Waals surface area contributed by atoms with Gasteiger partial charge in [0.15, 0.2) is 0 Å². The lowest BCUT2D eigenvalue weighted by molar-refractivity contribution is -0.130. The molecule has 1 aromatic carbocycles. The van der Waals surface area contributed by atoms with E-state index in [4.69, 9.17) is 0 Å². The van der Waals surface area contributed by atoms with Gasteiger partial charge in [-0.1, -0.05) is 25.1 Å². The van der Waals surface area contributed by atoms with Crippen LogP contribution in [0.1, 0.15) is 45.8 Å². The van der Waals surface area contributed by atoms with E-state index in [1.165, 1.54) is 19.2 Å². The fraction of sp³-hybridized carbons (Fsp3) is 0.364. The Labute approximate surface area is 170 Å². The number of benzene rings is 1. The second kappa shape index (κ2) is 8.86. The highest BCUT2D eigenvalue weighted by molar-refractivity contribution is 6.06. The molecule has 0 radical (unpaired) electrons. The van der Waals surface area contributed by atoms with Crippen LogP contribution in [0.2, 0.25) is 0 Å². The van der Waals surface area contributed by atoms with Gasteiger partial charge in [0.05, 0.1) is 0 Å². The Hall–Kier alpha value is -3.22. The molecule has 0 saturated carbocycles. The van der Waals surface area contributed by atoms with Gasteiger partial charge >= 0.3 is 0 Å². The second-order valence-electron chi connectivity index (χ2n) is 7.14. The number of piperazine rings is 1. The van der Waals surface area contributed by atoms with Gasteiger partial charge in [0.2, 0.25) is 5.91 Å². The van der Waals surface area contributed by atoms with Gasteiger partial charge in [-0.2, -0.15) is 0 Å². The standard InChI is InChI=1S/C22H26N4O3/c1-4-17-7-5-6-15(2)20(17)24-21(28)18-8-9-23-19(14-18)22(29)26-12-10-25(11-13-26)16(3)27/h5-9,14H,4,10-13H2,1-3H3,(H,24,28). The lowest BCUT2D eigenvalue weighted by Gasteiger charge is -2.34. The van der Waals surface area contributed by atoms with Gasteiger partial charge in [0, 0.05) is 50.6 Å². The smallest absolute Gasteiger partial charge is 0.272 e. The first kappa shape index (κ1) is 20.5. The largest absolute Gasteiger partial charge is 0.339 e. The van der Waals surface area contributed by atoms with Gasteiger partial charge in [-0.3, -0.25) is 19.4 Å². The Kier molecular flexibility index (Phi) is 6.26. The predicted octanol–water partition coefficient (Wildman–Crippen LogP) is 2.51. The quantitative estimate of drug-likeness (QED) is 0.864. The van der Waals surface area contributed by atoms with Gasteiger partial charge < -0.3 is 15.1 Å². The van der Waals surface area contributed by atoms with Crippen LogP contribution < -0.4 is 5.32 Å². The summed E-state index contributed by atoms with van der Waals surface area (Å²) in [5.41, 5.74) is 3.48. The van der Waals surface area contributed by atoms with E-state index in [0.717, 1.165) is 23.2 Å². The van der Waals surface area contributed by atoms with E-state index >= 15 is 0 Å². The molecule has 1 N–H and O–H groups in total. The van der Waals surface area contributed by atoms with Gasteiger partial charge in [0.1, 0.15) is 5.69 Å². The molecule has 3 rings (SSSR count). The fourth-order valence-electron chi connectivity index (χ4n) is 3.46. The number of hydrogen-bond donors (Lipinski definition) is 1. The van der Waals surface area contributed by atoms with Crippen molar-refractivity contribution >= 4 is 23.4 Å². The number of aryl methyl sites for hydroxylation is 2. The van der Waals surface area contributed by atoms with Crippen LogP contribution in [0, 0.1) is 6.92 Å². The maximum absolute atomic E-state index is 12.8. The molecular formula is C22H26N4O3. The molecule has 0 unspecified atom stereocenters. The van der Waals surface area contributed by atoms with E-state index in [1.54, 1.807) is 15.9 Å².